The number of fused-ring (bicyclic) bond motifs is 3. The lowest BCUT2D eigenvalue weighted by Crippen LogP contribution is -2.13. The molecule has 34 heavy (non-hydrogen) atoms. The van der Waals surface area contributed by atoms with Crippen molar-refractivity contribution in [3.63, 3.8) is 0 Å². The molecule has 7 heteroatoms. The number of para-hydroxylation sites is 2. The van der Waals surface area contributed by atoms with Crippen LogP contribution < -0.4 is 5.32 Å². The number of hydrogen-bond donors (Lipinski definition) is 1. The maximum Gasteiger partial charge on any atom is 0.257 e. The molecule has 5 rings (SSSR count). The molecule has 0 unspecified atom stereocenters. The summed E-state index contributed by atoms with van der Waals surface area (Å²) >= 11 is 13.5. The molecule has 0 spiro atoms. The van der Waals surface area contributed by atoms with Crippen LogP contribution in [0.4, 0.5) is 5.69 Å². The van der Waals surface area contributed by atoms with Crippen LogP contribution in [-0.2, 0) is 0 Å². The van der Waals surface area contributed by atoms with Crippen molar-refractivity contribution >= 4 is 74.3 Å². The molecule has 168 valence electrons. The van der Waals surface area contributed by atoms with Gasteiger partial charge in [0, 0.05) is 26.4 Å². The van der Waals surface area contributed by atoms with Gasteiger partial charge in [-0.25, -0.2) is 0 Å². The summed E-state index contributed by atoms with van der Waals surface area (Å²) in [5.41, 5.74) is 2.80. The van der Waals surface area contributed by atoms with Crippen LogP contribution in [0.5, 0.6) is 0 Å². The molecule has 0 saturated carbocycles. The van der Waals surface area contributed by atoms with E-state index in [0.717, 1.165) is 26.7 Å². The molecule has 0 aliphatic heterocycles. The Morgan fingerprint density at radius 3 is 2.03 bits per heavy atom. The van der Waals surface area contributed by atoms with Crippen molar-refractivity contribution in [2.45, 2.75) is 4.90 Å². The van der Waals surface area contributed by atoms with E-state index in [0.29, 0.717) is 21.3 Å². The number of rotatable bonds is 5. The molecule has 5 aromatic rings. The third-order valence-electron chi connectivity index (χ3n) is 5.48. The van der Waals surface area contributed by atoms with Crippen molar-refractivity contribution in [2.24, 2.45) is 0 Å². The minimum Gasteiger partial charge on any atom is -0.322 e. The lowest BCUT2D eigenvalue weighted by Gasteiger charge is -2.09. The van der Waals surface area contributed by atoms with Crippen LogP contribution >= 0.6 is 35.0 Å². The first-order valence-corrected chi connectivity index (χ1v) is 12.3. The minimum atomic E-state index is -0.316. The van der Waals surface area contributed by atoms with Gasteiger partial charge in [0.05, 0.1) is 27.4 Å². The Labute approximate surface area is 210 Å². The summed E-state index contributed by atoms with van der Waals surface area (Å²) in [5, 5.41) is 5.72. The topological polar surface area (TPSA) is 51.1 Å². The fraction of sp³-hybridized carbons (Fsp3) is 0.0370. The van der Waals surface area contributed by atoms with Gasteiger partial charge in [-0.1, -0.05) is 59.6 Å². The number of amides is 1. The van der Waals surface area contributed by atoms with Gasteiger partial charge in [-0.15, -0.1) is 11.8 Å². The van der Waals surface area contributed by atoms with Crippen molar-refractivity contribution in [3.05, 3.63) is 107 Å². The first-order valence-electron chi connectivity index (χ1n) is 10.5. The normalized spacial score (nSPS) is 11.1. The molecule has 1 N–H and O–H groups in total. The third kappa shape index (κ3) is 4.42. The molecule has 1 heterocycles. The van der Waals surface area contributed by atoms with Gasteiger partial charge in [0.25, 0.3) is 5.91 Å². The van der Waals surface area contributed by atoms with Gasteiger partial charge in [0.15, 0.2) is 0 Å². The summed E-state index contributed by atoms with van der Waals surface area (Å²) in [4.78, 5) is 26.6. The lowest BCUT2D eigenvalue weighted by atomic mass is 10.2. The quantitative estimate of drug-likeness (QED) is 0.248. The van der Waals surface area contributed by atoms with Crippen molar-refractivity contribution < 1.29 is 9.59 Å². The first kappa shape index (κ1) is 22.5. The van der Waals surface area contributed by atoms with Gasteiger partial charge < -0.3 is 5.32 Å². The number of nitrogens with one attached hydrogen (secondary N) is 1. The van der Waals surface area contributed by atoms with Gasteiger partial charge in [-0.05, 0) is 54.6 Å². The zero-order valence-electron chi connectivity index (χ0n) is 17.8. The predicted octanol–water partition coefficient (Wildman–Crippen LogP) is 7.79. The number of halogens is 2. The fourth-order valence-corrected chi connectivity index (χ4v) is 5.15. The first-order chi connectivity index (χ1) is 16.5. The maximum absolute atomic E-state index is 13.2. The number of thioether (sulfide) groups is 1. The summed E-state index contributed by atoms with van der Waals surface area (Å²) in [6.45, 7) is 0. The zero-order valence-corrected chi connectivity index (χ0v) is 20.1. The highest BCUT2D eigenvalue weighted by molar-refractivity contribution is 8.00. The summed E-state index contributed by atoms with van der Waals surface area (Å²) in [6.07, 6.45) is 0. The highest BCUT2D eigenvalue weighted by Crippen LogP contribution is 2.30. The number of carbonyl (C=O) groups is 2. The van der Waals surface area contributed by atoms with Gasteiger partial charge in [0.1, 0.15) is 0 Å². The largest absolute Gasteiger partial charge is 0.322 e. The summed E-state index contributed by atoms with van der Waals surface area (Å²) < 4.78 is 1.79. The van der Waals surface area contributed by atoms with E-state index < -0.39 is 0 Å². The molecule has 0 fully saturated rings. The number of carbonyl (C=O) groups excluding carboxylic acids is 2. The molecular weight excluding hydrogens is 487 g/mol. The second-order valence-electron chi connectivity index (χ2n) is 7.65. The molecule has 0 bridgehead atoms. The van der Waals surface area contributed by atoms with E-state index in [1.54, 1.807) is 28.8 Å². The maximum atomic E-state index is 13.2. The SMILES string of the molecule is O=C(Nc1ccc(SCC(=O)n2c3ccccc3c3ccccc32)cc1)c1ccc(Cl)cc1Cl. The Kier molecular flexibility index (Phi) is 6.33. The molecular formula is C27H18Cl2N2O2S. The third-order valence-corrected chi connectivity index (χ3v) is 7.02. The predicted molar refractivity (Wildman–Crippen MR) is 142 cm³/mol. The van der Waals surface area contributed by atoms with Crippen molar-refractivity contribution in [2.75, 3.05) is 11.1 Å². The molecule has 1 amide bonds. The number of nitrogens with zero attached hydrogens (tertiary/aromatic N) is 1. The number of aromatic nitrogens is 1. The zero-order chi connectivity index (χ0) is 23.7. The molecule has 0 saturated heterocycles. The smallest absolute Gasteiger partial charge is 0.257 e. The Morgan fingerprint density at radius 1 is 0.794 bits per heavy atom. The lowest BCUT2D eigenvalue weighted by molar-refractivity contribution is 0.0950. The van der Waals surface area contributed by atoms with Crippen LogP contribution in [0.25, 0.3) is 21.8 Å². The summed E-state index contributed by atoms with van der Waals surface area (Å²) in [7, 11) is 0. The van der Waals surface area contributed by atoms with Crippen LogP contribution in [0.2, 0.25) is 10.0 Å². The standard InChI is InChI=1S/C27H18Cl2N2O2S/c28-17-9-14-22(23(29)15-17)27(33)30-18-10-12-19(13-11-18)34-16-26(32)31-24-7-3-1-5-20(24)21-6-2-4-8-25(21)31/h1-15H,16H2,(H,30,33). The number of benzene rings is 4. The van der Waals surface area contributed by atoms with E-state index in [1.807, 2.05) is 60.7 Å². The average molecular weight is 505 g/mol. The number of anilines is 1. The van der Waals surface area contributed by atoms with Gasteiger partial charge in [0.2, 0.25) is 5.91 Å². The molecule has 0 aliphatic rings. The van der Waals surface area contributed by atoms with Crippen LogP contribution in [0.3, 0.4) is 0 Å². The Morgan fingerprint density at radius 2 is 1.41 bits per heavy atom. The summed E-state index contributed by atoms with van der Waals surface area (Å²) in [6, 6.07) is 28.0. The molecule has 0 aliphatic carbocycles. The Balaban J connectivity index is 1.29. The Bertz CT molecular complexity index is 1490. The number of hydrogen-bond acceptors (Lipinski definition) is 3. The van der Waals surface area contributed by atoms with Crippen LogP contribution in [-0.4, -0.2) is 22.1 Å². The second-order valence-corrected chi connectivity index (χ2v) is 9.55. The van der Waals surface area contributed by atoms with E-state index in [4.69, 9.17) is 23.2 Å². The molecule has 0 atom stereocenters. The second kappa shape index (κ2) is 9.55. The Hall–Kier alpha value is -3.25. The van der Waals surface area contributed by atoms with Gasteiger partial charge in [-0.2, -0.15) is 0 Å². The average Bonchev–Trinajstić information content (AvgIpc) is 3.18. The molecule has 4 nitrogen and oxygen atoms in total. The van der Waals surface area contributed by atoms with Crippen LogP contribution in [0.15, 0.2) is 95.9 Å². The highest BCUT2D eigenvalue weighted by Gasteiger charge is 2.16. The monoisotopic (exact) mass is 504 g/mol. The summed E-state index contributed by atoms with van der Waals surface area (Å²) in [5.74, 6) is -0.0184. The van der Waals surface area contributed by atoms with Crippen LogP contribution in [0.1, 0.15) is 15.2 Å². The minimum absolute atomic E-state index is 0.0113. The van der Waals surface area contributed by atoms with E-state index in [1.165, 1.54) is 17.8 Å². The van der Waals surface area contributed by atoms with E-state index in [-0.39, 0.29) is 17.6 Å². The highest BCUT2D eigenvalue weighted by atomic mass is 35.5. The van der Waals surface area contributed by atoms with Crippen LogP contribution in [0, 0.1) is 0 Å². The van der Waals surface area contributed by atoms with Gasteiger partial charge >= 0.3 is 0 Å². The van der Waals surface area contributed by atoms with Crippen molar-refractivity contribution in [1.29, 1.82) is 0 Å². The van der Waals surface area contributed by atoms with E-state index in [9.17, 15) is 9.59 Å². The van der Waals surface area contributed by atoms with Crippen molar-refractivity contribution in [1.82, 2.24) is 4.57 Å². The fourth-order valence-electron chi connectivity index (χ4n) is 3.91. The molecule has 0 radical (unpaired) electrons. The molecule has 1 aromatic heterocycles. The van der Waals surface area contributed by atoms with Gasteiger partial charge in [-0.3, -0.25) is 14.2 Å². The van der Waals surface area contributed by atoms with E-state index >= 15 is 0 Å². The van der Waals surface area contributed by atoms with Crippen molar-refractivity contribution in [3.8, 4) is 0 Å². The van der Waals surface area contributed by atoms with E-state index in [2.05, 4.69) is 5.32 Å². The molecule has 4 aromatic carbocycles.